The number of methoxy groups -OCH3 is 2. The van der Waals surface area contributed by atoms with Crippen molar-refractivity contribution in [3.63, 3.8) is 0 Å². The number of benzene rings is 1. The van der Waals surface area contributed by atoms with Gasteiger partial charge in [-0.15, -0.1) is 0 Å². The Bertz CT molecular complexity index is 688. The van der Waals surface area contributed by atoms with Gasteiger partial charge in [0.15, 0.2) is 18.3 Å². The summed E-state index contributed by atoms with van der Waals surface area (Å²) >= 11 is 0. The van der Waals surface area contributed by atoms with E-state index in [1.807, 2.05) is 26.0 Å². The van der Waals surface area contributed by atoms with E-state index in [9.17, 15) is 4.79 Å². The fourth-order valence-electron chi connectivity index (χ4n) is 2.53. The molecule has 0 aliphatic rings. The molecule has 1 aromatic heterocycles. The van der Waals surface area contributed by atoms with Crippen molar-refractivity contribution in [1.82, 2.24) is 0 Å². The number of carboxylic acids is 1. The monoisotopic (exact) mass is 322 g/mol. The highest BCUT2D eigenvalue weighted by Crippen LogP contribution is 2.40. The van der Waals surface area contributed by atoms with Gasteiger partial charge in [0.1, 0.15) is 11.3 Å². The smallest absolute Gasteiger partial charge is 0.303 e. The summed E-state index contributed by atoms with van der Waals surface area (Å²) in [4.78, 5) is 10.7. The lowest BCUT2D eigenvalue weighted by Gasteiger charge is -2.12. The summed E-state index contributed by atoms with van der Waals surface area (Å²) in [5, 5.41) is 9.70. The third-order valence-corrected chi connectivity index (χ3v) is 3.78. The number of ether oxygens (including phenoxy) is 3. The second kappa shape index (κ2) is 7.37. The van der Waals surface area contributed by atoms with Crippen molar-refractivity contribution in [2.24, 2.45) is 0 Å². The Morgan fingerprint density at radius 1 is 1.35 bits per heavy atom. The fourth-order valence-corrected chi connectivity index (χ4v) is 2.53. The van der Waals surface area contributed by atoms with Gasteiger partial charge in [-0.1, -0.05) is 6.92 Å². The molecule has 2 aromatic rings. The maximum Gasteiger partial charge on any atom is 0.303 e. The van der Waals surface area contributed by atoms with Crippen molar-refractivity contribution in [1.29, 1.82) is 0 Å². The number of aryl methyl sites for hydroxylation is 1. The molecule has 0 radical (unpaired) electrons. The molecule has 0 aliphatic heterocycles. The summed E-state index contributed by atoms with van der Waals surface area (Å²) in [6.07, 6.45) is 0.640. The molecule has 0 unspecified atom stereocenters. The molecule has 2 rings (SSSR count). The third-order valence-electron chi connectivity index (χ3n) is 3.78. The molecule has 23 heavy (non-hydrogen) atoms. The predicted molar refractivity (Wildman–Crippen MR) is 85.3 cm³/mol. The van der Waals surface area contributed by atoms with Crippen LogP contribution in [0, 0.1) is 6.92 Å². The van der Waals surface area contributed by atoms with E-state index in [4.69, 9.17) is 23.7 Å². The minimum Gasteiger partial charge on any atom is -0.492 e. The lowest BCUT2D eigenvalue weighted by molar-refractivity contribution is -0.137. The molecule has 1 atom stereocenters. The highest BCUT2D eigenvalue weighted by molar-refractivity contribution is 5.86. The van der Waals surface area contributed by atoms with Gasteiger partial charge in [0.05, 0.1) is 7.11 Å². The van der Waals surface area contributed by atoms with Crippen LogP contribution in [0.5, 0.6) is 11.5 Å². The van der Waals surface area contributed by atoms with Crippen molar-refractivity contribution in [2.45, 2.75) is 32.6 Å². The van der Waals surface area contributed by atoms with E-state index in [1.54, 1.807) is 14.2 Å². The van der Waals surface area contributed by atoms with Gasteiger partial charge in [-0.3, -0.25) is 4.79 Å². The van der Waals surface area contributed by atoms with Gasteiger partial charge in [-0.25, -0.2) is 0 Å². The lowest BCUT2D eigenvalue weighted by Crippen LogP contribution is -2.01. The maximum absolute atomic E-state index is 10.7. The summed E-state index contributed by atoms with van der Waals surface area (Å²) in [6.45, 7) is 3.98. The average molecular weight is 322 g/mol. The van der Waals surface area contributed by atoms with Gasteiger partial charge >= 0.3 is 5.97 Å². The Labute approximate surface area is 134 Å². The molecular weight excluding hydrogens is 300 g/mol. The van der Waals surface area contributed by atoms with E-state index in [0.29, 0.717) is 17.9 Å². The number of aliphatic carboxylic acids is 1. The van der Waals surface area contributed by atoms with Crippen LogP contribution in [0.4, 0.5) is 0 Å². The molecule has 0 fully saturated rings. The maximum atomic E-state index is 10.7. The molecule has 1 aromatic carbocycles. The number of fused-ring (bicyclic) bond motifs is 1. The molecule has 6 heteroatoms. The molecule has 0 bridgehead atoms. The molecule has 0 saturated heterocycles. The zero-order chi connectivity index (χ0) is 17.0. The normalized spacial score (nSPS) is 12.3. The molecular formula is C17H22O6. The molecule has 126 valence electrons. The number of carboxylic acid groups (broad SMARTS) is 1. The van der Waals surface area contributed by atoms with E-state index in [0.717, 1.165) is 22.3 Å². The van der Waals surface area contributed by atoms with Crippen LogP contribution in [-0.2, 0) is 9.53 Å². The zero-order valence-electron chi connectivity index (χ0n) is 13.8. The lowest BCUT2D eigenvalue weighted by atomic mass is 10.0. The molecule has 6 nitrogen and oxygen atoms in total. The van der Waals surface area contributed by atoms with E-state index in [1.165, 1.54) is 0 Å². The summed E-state index contributed by atoms with van der Waals surface area (Å²) in [5.74, 6) is 1.17. The minimum absolute atomic E-state index is 0.0206. The Morgan fingerprint density at radius 3 is 2.70 bits per heavy atom. The Balaban J connectivity index is 2.38. The van der Waals surface area contributed by atoms with Crippen LogP contribution >= 0.6 is 0 Å². The van der Waals surface area contributed by atoms with Crippen LogP contribution in [-0.4, -0.2) is 32.1 Å². The first-order valence-electron chi connectivity index (χ1n) is 7.42. The van der Waals surface area contributed by atoms with Crippen LogP contribution in [0.1, 0.15) is 37.0 Å². The van der Waals surface area contributed by atoms with Crippen LogP contribution in [0.3, 0.4) is 0 Å². The van der Waals surface area contributed by atoms with Crippen LogP contribution in [0.15, 0.2) is 16.5 Å². The molecule has 0 spiro atoms. The molecule has 1 N–H and O–H groups in total. The topological polar surface area (TPSA) is 78.1 Å². The largest absolute Gasteiger partial charge is 0.492 e. The van der Waals surface area contributed by atoms with Crippen molar-refractivity contribution in [2.75, 3.05) is 21.0 Å². The first-order valence-corrected chi connectivity index (χ1v) is 7.42. The van der Waals surface area contributed by atoms with E-state index >= 15 is 0 Å². The van der Waals surface area contributed by atoms with Crippen LogP contribution in [0.2, 0.25) is 0 Å². The second-order valence-electron chi connectivity index (χ2n) is 5.48. The van der Waals surface area contributed by atoms with Crippen LogP contribution < -0.4 is 9.47 Å². The highest BCUT2D eigenvalue weighted by atomic mass is 16.7. The number of hydrogen-bond donors (Lipinski definition) is 1. The van der Waals surface area contributed by atoms with Gasteiger partial charge in [-0.05, 0) is 25.5 Å². The van der Waals surface area contributed by atoms with Crippen molar-refractivity contribution in [3.05, 3.63) is 23.5 Å². The van der Waals surface area contributed by atoms with Crippen molar-refractivity contribution >= 4 is 16.9 Å². The number of furan rings is 1. The molecule has 0 saturated carbocycles. The van der Waals surface area contributed by atoms with Crippen LogP contribution in [0.25, 0.3) is 11.0 Å². The summed E-state index contributed by atoms with van der Waals surface area (Å²) in [5.41, 5.74) is 1.57. The van der Waals surface area contributed by atoms with Gasteiger partial charge in [0, 0.05) is 30.4 Å². The van der Waals surface area contributed by atoms with E-state index in [-0.39, 0.29) is 19.1 Å². The molecule has 0 aliphatic carbocycles. The number of carbonyl (C=O) groups is 1. The fraction of sp³-hybridized carbons (Fsp3) is 0.471. The Morgan fingerprint density at radius 2 is 2.09 bits per heavy atom. The van der Waals surface area contributed by atoms with Gasteiger partial charge in [0.2, 0.25) is 0 Å². The summed E-state index contributed by atoms with van der Waals surface area (Å²) in [7, 11) is 3.13. The number of rotatable bonds is 8. The zero-order valence-corrected chi connectivity index (χ0v) is 13.8. The summed E-state index contributed by atoms with van der Waals surface area (Å²) < 4.78 is 21.8. The standard InChI is InChI=1S/C17H22O6/c1-10(5-6-15(18)19)13-7-12-8-14(22-9-20-3)17(21-4)11(2)16(12)23-13/h7-8,10H,5-6,9H2,1-4H3,(H,18,19)/t10-/m0/s1. The van der Waals surface area contributed by atoms with E-state index in [2.05, 4.69) is 0 Å². The van der Waals surface area contributed by atoms with Crippen molar-refractivity contribution < 1.29 is 28.5 Å². The van der Waals surface area contributed by atoms with E-state index < -0.39 is 5.97 Å². The SMILES string of the molecule is COCOc1cc2cc([C@@H](C)CCC(=O)O)oc2c(C)c1OC. The van der Waals surface area contributed by atoms with Gasteiger partial charge < -0.3 is 23.7 Å². The quantitative estimate of drug-likeness (QED) is 0.747. The minimum atomic E-state index is -0.805. The predicted octanol–water partition coefficient (Wildman–Crippen LogP) is 3.70. The first kappa shape index (κ1) is 17.1. The first-order chi connectivity index (χ1) is 11.0. The Hall–Kier alpha value is -2.21. The Kier molecular flexibility index (Phi) is 5.50. The summed E-state index contributed by atoms with van der Waals surface area (Å²) in [6, 6.07) is 3.77. The molecule has 0 amide bonds. The second-order valence-corrected chi connectivity index (χ2v) is 5.48. The third kappa shape index (κ3) is 3.76. The highest BCUT2D eigenvalue weighted by Gasteiger charge is 2.19. The molecule has 1 heterocycles. The number of hydrogen-bond acceptors (Lipinski definition) is 5. The van der Waals surface area contributed by atoms with Gasteiger partial charge in [-0.2, -0.15) is 0 Å². The van der Waals surface area contributed by atoms with Crippen molar-refractivity contribution in [3.8, 4) is 11.5 Å². The van der Waals surface area contributed by atoms with Gasteiger partial charge in [0.25, 0.3) is 0 Å². The average Bonchev–Trinajstić information content (AvgIpc) is 2.95.